The summed E-state index contributed by atoms with van der Waals surface area (Å²) < 4.78 is 28.3. The molecular formula is C20H16ClIN2O3S. The van der Waals surface area contributed by atoms with Crippen molar-refractivity contribution in [1.29, 1.82) is 0 Å². The molecule has 0 aliphatic rings. The summed E-state index contributed by atoms with van der Waals surface area (Å²) in [6, 6.07) is 17.9. The Balaban J connectivity index is 1.73. The molecule has 28 heavy (non-hydrogen) atoms. The van der Waals surface area contributed by atoms with Crippen molar-refractivity contribution in [1.82, 2.24) is 0 Å². The zero-order chi connectivity index (χ0) is 20.3. The number of anilines is 2. The summed E-state index contributed by atoms with van der Waals surface area (Å²) in [5, 5.41) is 3.30. The highest BCUT2D eigenvalue weighted by molar-refractivity contribution is 14.1. The second kappa shape index (κ2) is 8.50. The summed E-state index contributed by atoms with van der Waals surface area (Å²) in [5.41, 5.74) is 2.55. The second-order valence-corrected chi connectivity index (χ2v) is 9.36. The van der Waals surface area contributed by atoms with Crippen molar-refractivity contribution in [2.24, 2.45) is 0 Å². The molecule has 0 aromatic heterocycles. The summed E-state index contributed by atoms with van der Waals surface area (Å²) in [5.74, 6) is -0.251. The van der Waals surface area contributed by atoms with Crippen LogP contribution in [-0.4, -0.2) is 14.3 Å². The minimum absolute atomic E-state index is 0.0883. The molecule has 1 amide bonds. The standard InChI is InChI=1S/C20H16ClIN2O3S/c1-13-2-11-18(19(22)12-13)20(25)23-15-7-9-17(10-8-15)28(26,27)24-16-5-3-14(21)4-6-16/h2-12,24H,1H3,(H,23,25). The normalized spacial score (nSPS) is 11.1. The third-order valence-corrected chi connectivity index (χ3v) is 6.43. The molecular weight excluding hydrogens is 511 g/mol. The number of hydrogen-bond donors (Lipinski definition) is 2. The van der Waals surface area contributed by atoms with Crippen LogP contribution >= 0.6 is 34.2 Å². The molecule has 0 aliphatic carbocycles. The van der Waals surface area contributed by atoms with Crippen LogP contribution in [0.1, 0.15) is 15.9 Å². The maximum absolute atomic E-state index is 12.5. The maximum Gasteiger partial charge on any atom is 0.261 e. The van der Waals surface area contributed by atoms with Crippen molar-refractivity contribution in [3.63, 3.8) is 0 Å². The van der Waals surface area contributed by atoms with E-state index in [0.717, 1.165) is 9.13 Å². The third-order valence-electron chi connectivity index (χ3n) is 3.89. The number of amides is 1. The molecule has 0 fully saturated rings. The van der Waals surface area contributed by atoms with Gasteiger partial charge in [-0.1, -0.05) is 23.2 Å². The van der Waals surface area contributed by atoms with Crippen LogP contribution in [0.25, 0.3) is 0 Å². The van der Waals surface area contributed by atoms with E-state index in [1.807, 2.05) is 19.1 Å². The monoisotopic (exact) mass is 526 g/mol. The van der Waals surface area contributed by atoms with Gasteiger partial charge in [-0.05, 0) is 90.2 Å². The lowest BCUT2D eigenvalue weighted by Gasteiger charge is -2.10. The Hall–Kier alpha value is -2.10. The SMILES string of the molecule is Cc1ccc(C(=O)Nc2ccc(S(=O)(=O)Nc3ccc(Cl)cc3)cc2)c(I)c1. The molecule has 0 spiro atoms. The highest BCUT2D eigenvalue weighted by Gasteiger charge is 2.15. The van der Waals surface area contributed by atoms with Gasteiger partial charge in [0.2, 0.25) is 0 Å². The van der Waals surface area contributed by atoms with E-state index in [9.17, 15) is 13.2 Å². The van der Waals surface area contributed by atoms with E-state index in [-0.39, 0.29) is 10.8 Å². The Kier molecular flexibility index (Phi) is 6.26. The molecule has 3 rings (SSSR count). The van der Waals surface area contributed by atoms with Crippen LogP contribution in [-0.2, 0) is 10.0 Å². The minimum atomic E-state index is -3.74. The molecule has 0 bridgehead atoms. The lowest BCUT2D eigenvalue weighted by atomic mass is 10.1. The molecule has 0 radical (unpaired) electrons. The molecule has 0 unspecified atom stereocenters. The van der Waals surface area contributed by atoms with E-state index < -0.39 is 10.0 Å². The summed E-state index contributed by atoms with van der Waals surface area (Å²) in [7, 11) is -3.74. The van der Waals surface area contributed by atoms with E-state index in [1.165, 1.54) is 12.1 Å². The number of hydrogen-bond acceptors (Lipinski definition) is 3. The number of halogens is 2. The molecule has 0 atom stereocenters. The first-order valence-electron chi connectivity index (χ1n) is 8.20. The first-order chi connectivity index (χ1) is 13.2. The number of rotatable bonds is 5. The van der Waals surface area contributed by atoms with Crippen molar-refractivity contribution in [3.05, 3.63) is 86.4 Å². The molecule has 144 valence electrons. The fraction of sp³-hybridized carbons (Fsp3) is 0.0500. The van der Waals surface area contributed by atoms with Crippen molar-refractivity contribution < 1.29 is 13.2 Å². The maximum atomic E-state index is 12.5. The quantitative estimate of drug-likeness (QED) is 0.443. The predicted molar refractivity (Wildman–Crippen MR) is 121 cm³/mol. The Morgan fingerprint density at radius 3 is 2.14 bits per heavy atom. The Morgan fingerprint density at radius 1 is 0.929 bits per heavy atom. The predicted octanol–water partition coefficient (Wildman–Crippen LogP) is 5.31. The summed E-state index contributed by atoms with van der Waals surface area (Å²) >= 11 is 7.92. The van der Waals surface area contributed by atoms with Crippen molar-refractivity contribution in [2.45, 2.75) is 11.8 Å². The number of carbonyl (C=O) groups excluding carboxylic acids is 1. The zero-order valence-electron chi connectivity index (χ0n) is 14.7. The average molecular weight is 527 g/mol. The molecule has 0 saturated carbocycles. The van der Waals surface area contributed by atoms with E-state index >= 15 is 0 Å². The smallest absolute Gasteiger partial charge is 0.261 e. The molecule has 0 heterocycles. The van der Waals surface area contributed by atoms with Crippen LogP contribution in [0, 0.1) is 10.5 Å². The van der Waals surface area contributed by atoms with Crippen LogP contribution in [0.15, 0.2) is 71.6 Å². The van der Waals surface area contributed by atoms with E-state index in [1.54, 1.807) is 42.5 Å². The first-order valence-corrected chi connectivity index (χ1v) is 11.1. The van der Waals surface area contributed by atoms with Gasteiger partial charge in [-0.25, -0.2) is 8.42 Å². The van der Waals surface area contributed by atoms with Crippen LogP contribution < -0.4 is 10.0 Å². The van der Waals surface area contributed by atoms with Gasteiger partial charge >= 0.3 is 0 Å². The Morgan fingerprint density at radius 2 is 1.54 bits per heavy atom. The van der Waals surface area contributed by atoms with Crippen molar-refractivity contribution in [2.75, 3.05) is 10.0 Å². The fourth-order valence-electron chi connectivity index (χ4n) is 2.45. The Labute approximate surface area is 182 Å². The topological polar surface area (TPSA) is 75.3 Å². The van der Waals surface area contributed by atoms with Gasteiger partial charge in [0.1, 0.15) is 0 Å². The molecule has 8 heteroatoms. The molecule has 2 N–H and O–H groups in total. The highest BCUT2D eigenvalue weighted by atomic mass is 127. The molecule has 0 aliphatic heterocycles. The number of sulfonamides is 1. The largest absolute Gasteiger partial charge is 0.322 e. The third kappa shape index (κ3) is 5.03. The molecule has 0 saturated heterocycles. The van der Waals surface area contributed by atoms with Crippen LogP contribution in [0.5, 0.6) is 0 Å². The van der Waals surface area contributed by atoms with Crippen LogP contribution in [0.3, 0.4) is 0 Å². The van der Waals surface area contributed by atoms with Gasteiger partial charge in [-0.15, -0.1) is 0 Å². The summed E-state index contributed by atoms with van der Waals surface area (Å²) in [6.07, 6.45) is 0. The first kappa shape index (κ1) is 20.6. The van der Waals surface area contributed by atoms with E-state index in [4.69, 9.17) is 11.6 Å². The zero-order valence-corrected chi connectivity index (χ0v) is 18.5. The summed E-state index contributed by atoms with van der Waals surface area (Å²) in [4.78, 5) is 12.5. The summed E-state index contributed by atoms with van der Waals surface area (Å²) in [6.45, 7) is 1.96. The lowest BCUT2D eigenvalue weighted by molar-refractivity contribution is 0.102. The fourth-order valence-corrected chi connectivity index (χ4v) is 4.55. The number of nitrogens with one attached hydrogen (secondary N) is 2. The second-order valence-electron chi connectivity index (χ2n) is 6.07. The molecule has 3 aromatic rings. The lowest BCUT2D eigenvalue weighted by Crippen LogP contribution is -2.15. The van der Waals surface area contributed by atoms with Gasteiger partial charge in [0.15, 0.2) is 0 Å². The van der Waals surface area contributed by atoms with Gasteiger partial charge in [-0.2, -0.15) is 0 Å². The minimum Gasteiger partial charge on any atom is -0.322 e. The van der Waals surface area contributed by atoms with Gasteiger partial charge in [0, 0.05) is 20.0 Å². The van der Waals surface area contributed by atoms with Crippen LogP contribution in [0.2, 0.25) is 5.02 Å². The van der Waals surface area contributed by atoms with Gasteiger partial charge < -0.3 is 5.32 Å². The van der Waals surface area contributed by atoms with E-state index in [0.29, 0.717) is 22.0 Å². The number of aryl methyl sites for hydroxylation is 1. The van der Waals surface area contributed by atoms with Gasteiger partial charge in [-0.3, -0.25) is 9.52 Å². The van der Waals surface area contributed by atoms with Gasteiger partial charge in [0.25, 0.3) is 15.9 Å². The number of benzene rings is 3. The van der Waals surface area contributed by atoms with Gasteiger partial charge in [0.05, 0.1) is 10.5 Å². The highest BCUT2D eigenvalue weighted by Crippen LogP contribution is 2.21. The molecule has 3 aromatic carbocycles. The van der Waals surface area contributed by atoms with Crippen molar-refractivity contribution in [3.8, 4) is 0 Å². The Bertz CT molecular complexity index is 1120. The average Bonchev–Trinajstić information content (AvgIpc) is 2.64. The molecule has 5 nitrogen and oxygen atoms in total. The van der Waals surface area contributed by atoms with Crippen LogP contribution in [0.4, 0.5) is 11.4 Å². The van der Waals surface area contributed by atoms with Crippen molar-refractivity contribution >= 4 is 61.5 Å². The van der Waals surface area contributed by atoms with E-state index in [2.05, 4.69) is 32.6 Å². The number of carbonyl (C=O) groups is 1.